The Bertz CT molecular complexity index is 520. The van der Waals surface area contributed by atoms with E-state index in [0.717, 1.165) is 6.42 Å². The Balaban J connectivity index is 2.00. The van der Waals surface area contributed by atoms with E-state index in [4.69, 9.17) is 10.5 Å². The minimum absolute atomic E-state index is 0.0175. The van der Waals surface area contributed by atoms with Crippen molar-refractivity contribution >= 4 is 5.91 Å². The second-order valence-electron chi connectivity index (χ2n) is 5.51. The lowest BCUT2D eigenvalue weighted by molar-refractivity contribution is -0.134. The third kappa shape index (κ3) is 3.46. The monoisotopic (exact) mass is 294 g/mol. The average molecular weight is 294 g/mol. The van der Waals surface area contributed by atoms with Gasteiger partial charge in [-0.1, -0.05) is 6.07 Å². The first-order chi connectivity index (χ1) is 9.90. The van der Waals surface area contributed by atoms with Gasteiger partial charge < -0.3 is 25.6 Å². The molecule has 6 nitrogen and oxygen atoms in total. The summed E-state index contributed by atoms with van der Waals surface area (Å²) in [5.41, 5.74) is 6.68. The highest BCUT2D eigenvalue weighted by Gasteiger charge is 2.32. The summed E-state index contributed by atoms with van der Waals surface area (Å²) in [4.78, 5) is 14.0. The van der Waals surface area contributed by atoms with Crippen LogP contribution in [0.5, 0.6) is 11.5 Å². The molecule has 1 aliphatic heterocycles. The van der Waals surface area contributed by atoms with Gasteiger partial charge in [0.05, 0.1) is 18.2 Å². The quantitative estimate of drug-likeness (QED) is 0.707. The number of ether oxygens (including phenoxy) is 1. The zero-order valence-electron chi connectivity index (χ0n) is 12.3. The van der Waals surface area contributed by atoms with E-state index >= 15 is 0 Å². The van der Waals surface area contributed by atoms with Crippen molar-refractivity contribution in [2.24, 2.45) is 5.73 Å². The number of nitrogens with zero attached hydrogens (tertiary/aromatic N) is 1. The maximum Gasteiger partial charge on any atom is 0.239 e. The summed E-state index contributed by atoms with van der Waals surface area (Å²) in [5.74, 6) is -0.545. The number of amides is 1. The van der Waals surface area contributed by atoms with Crippen molar-refractivity contribution < 1.29 is 19.7 Å². The number of phenolic OH excluding ortho intramolecular Hbond substituents is 2. The van der Waals surface area contributed by atoms with Gasteiger partial charge in [-0.3, -0.25) is 4.79 Å². The van der Waals surface area contributed by atoms with E-state index in [1.165, 1.54) is 12.1 Å². The molecule has 4 N–H and O–H groups in total. The zero-order valence-corrected chi connectivity index (χ0v) is 12.3. The van der Waals surface area contributed by atoms with Crippen LogP contribution in [-0.2, 0) is 16.0 Å². The van der Waals surface area contributed by atoms with Crippen molar-refractivity contribution in [3.63, 3.8) is 0 Å². The fourth-order valence-corrected chi connectivity index (χ4v) is 2.69. The van der Waals surface area contributed by atoms with E-state index < -0.39 is 6.04 Å². The molecule has 21 heavy (non-hydrogen) atoms. The zero-order chi connectivity index (χ0) is 15.6. The van der Waals surface area contributed by atoms with E-state index in [1.54, 1.807) is 18.0 Å². The molecule has 1 saturated heterocycles. The molecule has 6 heteroatoms. The van der Waals surface area contributed by atoms with Crippen molar-refractivity contribution in [2.75, 3.05) is 13.7 Å². The van der Waals surface area contributed by atoms with E-state index in [9.17, 15) is 15.0 Å². The number of hydrogen-bond acceptors (Lipinski definition) is 5. The highest BCUT2D eigenvalue weighted by Crippen LogP contribution is 2.25. The van der Waals surface area contributed by atoms with E-state index in [-0.39, 0.29) is 29.6 Å². The van der Waals surface area contributed by atoms with Gasteiger partial charge in [0.25, 0.3) is 0 Å². The van der Waals surface area contributed by atoms with Gasteiger partial charge in [0.1, 0.15) is 0 Å². The van der Waals surface area contributed by atoms with E-state index in [0.29, 0.717) is 18.6 Å². The van der Waals surface area contributed by atoms with E-state index in [2.05, 4.69) is 0 Å². The van der Waals surface area contributed by atoms with Gasteiger partial charge in [0, 0.05) is 13.7 Å². The summed E-state index contributed by atoms with van der Waals surface area (Å²) >= 11 is 0. The van der Waals surface area contributed by atoms with E-state index in [1.807, 2.05) is 6.92 Å². The van der Waals surface area contributed by atoms with Gasteiger partial charge in [-0.25, -0.2) is 0 Å². The molecular weight excluding hydrogens is 272 g/mol. The topological polar surface area (TPSA) is 96.0 Å². The number of likely N-dealkylation sites (N-methyl/N-ethyl adjacent to an activating group) is 1. The maximum absolute atomic E-state index is 12.4. The molecule has 0 radical (unpaired) electrons. The number of hydrogen-bond donors (Lipinski definition) is 3. The van der Waals surface area contributed by atoms with Gasteiger partial charge in [0.2, 0.25) is 5.91 Å². The fraction of sp³-hybridized carbons (Fsp3) is 0.533. The molecule has 1 aromatic rings. The first kappa shape index (κ1) is 15.6. The maximum atomic E-state index is 12.4. The number of nitrogens with two attached hydrogens (primary N) is 1. The standard InChI is InChI=1S/C15H22N2O4/c1-9-12(5-6-21-9)17(2)15(20)11(16)7-10-3-4-13(18)14(19)8-10/h3-4,8-9,11-12,18-19H,5-7,16H2,1-2H3/t9?,11-,12?/m0/s1. The van der Waals surface area contributed by atoms with Gasteiger partial charge in [-0.15, -0.1) is 0 Å². The van der Waals surface area contributed by atoms with Crippen molar-refractivity contribution in [1.29, 1.82) is 0 Å². The number of phenols is 2. The molecule has 1 heterocycles. The smallest absolute Gasteiger partial charge is 0.239 e. The van der Waals surface area contributed by atoms with Crippen LogP contribution < -0.4 is 5.73 Å². The molecule has 0 aromatic heterocycles. The van der Waals surface area contributed by atoms with Crippen LogP contribution in [0.25, 0.3) is 0 Å². The first-order valence-corrected chi connectivity index (χ1v) is 7.05. The van der Waals surface area contributed by atoms with Crippen LogP contribution in [0.4, 0.5) is 0 Å². The highest BCUT2D eigenvalue weighted by molar-refractivity contribution is 5.82. The lowest BCUT2D eigenvalue weighted by Crippen LogP contribution is -2.49. The van der Waals surface area contributed by atoms with Gasteiger partial charge in [-0.05, 0) is 37.5 Å². The number of aromatic hydroxyl groups is 2. The molecule has 0 aliphatic carbocycles. The molecule has 0 spiro atoms. The first-order valence-electron chi connectivity index (χ1n) is 7.05. The molecule has 2 rings (SSSR count). The number of carbonyl (C=O) groups is 1. The lowest BCUT2D eigenvalue weighted by atomic mass is 10.0. The lowest BCUT2D eigenvalue weighted by Gasteiger charge is -2.29. The van der Waals surface area contributed by atoms with Crippen LogP contribution in [0.1, 0.15) is 18.9 Å². The van der Waals surface area contributed by atoms with Crippen LogP contribution in [0.3, 0.4) is 0 Å². The minimum atomic E-state index is -0.688. The minimum Gasteiger partial charge on any atom is -0.504 e. The molecule has 1 amide bonds. The SMILES string of the molecule is CC1OCCC1N(C)C(=O)[C@@H](N)Cc1ccc(O)c(O)c1. The predicted molar refractivity (Wildman–Crippen MR) is 78.0 cm³/mol. The predicted octanol–water partition coefficient (Wildman–Crippen LogP) is 0.603. The molecule has 3 atom stereocenters. The second kappa shape index (κ2) is 6.32. The molecule has 1 aliphatic rings. The van der Waals surface area contributed by atoms with Gasteiger partial charge in [0.15, 0.2) is 11.5 Å². The Morgan fingerprint density at radius 3 is 2.76 bits per heavy atom. The normalized spacial score (nSPS) is 23.0. The van der Waals surface area contributed by atoms with Crippen LogP contribution >= 0.6 is 0 Å². The Kier molecular flexibility index (Phi) is 4.69. The van der Waals surface area contributed by atoms with Crippen molar-refractivity contribution in [3.05, 3.63) is 23.8 Å². The summed E-state index contributed by atoms with van der Waals surface area (Å²) < 4.78 is 5.47. The molecule has 0 saturated carbocycles. The second-order valence-corrected chi connectivity index (χ2v) is 5.51. The third-order valence-electron chi connectivity index (χ3n) is 3.99. The van der Waals surface area contributed by atoms with Crippen molar-refractivity contribution in [2.45, 2.75) is 38.0 Å². The summed E-state index contributed by atoms with van der Waals surface area (Å²) in [6.07, 6.45) is 1.14. The highest BCUT2D eigenvalue weighted by atomic mass is 16.5. The Morgan fingerprint density at radius 1 is 1.48 bits per heavy atom. The molecule has 2 unspecified atom stereocenters. The van der Waals surface area contributed by atoms with Gasteiger partial charge >= 0.3 is 0 Å². The molecule has 1 fully saturated rings. The summed E-state index contributed by atoms with van der Waals surface area (Å²) in [5, 5.41) is 18.7. The largest absolute Gasteiger partial charge is 0.504 e. The van der Waals surface area contributed by atoms with Gasteiger partial charge in [-0.2, -0.15) is 0 Å². The fourth-order valence-electron chi connectivity index (χ4n) is 2.69. The van der Waals surface area contributed by atoms with Crippen LogP contribution in [0.2, 0.25) is 0 Å². The number of rotatable bonds is 4. The van der Waals surface area contributed by atoms with Crippen molar-refractivity contribution in [3.8, 4) is 11.5 Å². The molecule has 1 aromatic carbocycles. The summed E-state index contributed by atoms with van der Waals surface area (Å²) in [6.45, 7) is 2.61. The summed E-state index contributed by atoms with van der Waals surface area (Å²) in [6, 6.07) is 3.81. The number of carbonyl (C=O) groups excluding carboxylic acids is 1. The summed E-state index contributed by atoms with van der Waals surface area (Å²) in [7, 11) is 1.74. The molecular formula is C15H22N2O4. The Labute approximate surface area is 124 Å². The Morgan fingerprint density at radius 2 is 2.19 bits per heavy atom. The Hall–Kier alpha value is -1.79. The molecule has 0 bridgehead atoms. The van der Waals surface area contributed by atoms with Crippen LogP contribution in [0.15, 0.2) is 18.2 Å². The van der Waals surface area contributed by atoms with Crippen LogP contribution in [0, 0.1) is 0 Å². The van der Waals surface area contributed by atoms with Crippen molar-refractivity contribution in [1.82, 2.24) is 4.90 Å². The average Bonchev–Trinajstić information content (AvgIpc) is 2.87. The molecule has 116 valence electrons. The number of benzene rings is 1. The van der Waals surface area contributed by atoms with Crippen LogP contribution in [-0.4, -0.2) is 52.9 Å². The third-order valence-corrected chi connectivity index (χ3v) is 3.99.